The van der Waals surface area contributed by atoms with Crippen molar-refractivity contribution in [2.24, 2.45) is 0 Å². The molecule has 0 aromatic heterocycles. The third kappa shape index (κ3) is 79.1. The first-order chi connectivity index (χ1) is 47.1. The van der Waals surface area contributed by atoms with Gasteiger partial charge in [0, 0.05) is 12.8 Å². The number of hydrogen-bond acceptors (Lipinski definition) is 7. The lowest BCUT2D eigenvalue weighted by molar-refractivity contribution is -0.870. The number of carboxylic acid groups (broad SMARTS) is 1. The van der Waals surface area contributed by atoms with E-state index in [1.165, 1.54) is 385 Å². The van der Waals surface area contributed by atoms with Gasteiger partial charge in [0.2, 0.25) is 0 Å². The van der Waals surface area contributed by atoms with Gasteiger partial charge in [0.15, 0.2) is 6.10 Å². The van der Waals surface area contributed by atoms with Gasteiger partial charge in [-0.05, 0) is 44.9 Å². The number of carboxylic acids is 1. The molecule has 568 valence electrons. The second-order valence-electron chi connectivity index (χ2n) is 30.9. The van der Waals surface area contributed by atoms with Crippen LogP contribution in [0.3, 0.4) is 0 Å². The van der Waals surface area contributed by atoms with E-state index in [9.17, 15) is 19.5 Å². The Labute approximate surface area is 598 Å². The molecular formula is C87H168NO8+. The number of carbonyl (C=O) groups excluding carboxylic acids is 2. The highest BCUT2D eigenvalue weighted by Crippen LogP contribution is 2.21. The van der Waals surface area contributed by atoms with Crippen LogP contribution in [-0.4, -0.2) is 87.4 Å². The molecule has 0 spiro atoms. The van der Waals surface area contributed by atoms with Crippen molar-refractivity contribution in [3.05, 3.63) is 24.3 Å². The molecule has 2 atom stereocenters. The van der Waals surface area contributed by atoms with Gasteiger partial charge in [0.25, 0.3) is 6.29 Å². The largest absolute Gasteiger partial charge is 0.477 e. The van der Waals surface area contributed by atoms with Gasteiger partial charge in [-0.3, -0.25) is 9.59 Å². The zero-order chi connectivity index (χ0) is 69.7. The van der Waals surface area contributed by atoms with Gasteiger partial charge < -0.3 is 28.5 Å². The molecule has 0 rings (SSSR count). The Morgan fingerprint density at radius 3 is 0.823 bits per heavy atom. The molecule has 0 radical (unpaired) electrons. The molecule has 0 aliphatic heterocycles. The highest BCUT2D eigenvalue weighted by molar-refractivity contribution is 5.71. The topological polar surface area (TPSA) is 108 Å². The van der Waals surface area contributed by atoms with E-state index in [4.69, 9.17) is 18.9 Å². The van der Waals surface area contributed by atoms with E-state index in [2.05, 4.69) is 38.2 Å². The van der Waals surface area contributed by atoms with Crippen LogP contribution in [0.15, 0.2) is 24.3 Å². The van der Waals surface area contributed by atoms with E-state index in [1.807, 2.05) is 21.1 Å². The predicted octanol–water partition coefficient (Wildman–Crippen LogP) is 27.7. The molecule has 9 heteroatoms. The summed E-state index contributed by atoms with van der Waals surface area (Å²) in [5.41, 5.74) is 0. The number of unbranched alkanes of at least 4 members (excludes halogenated alkanes) is 63. The maximum Gasteiger partial charge on any atom is 0.361 e. The van der Waals surface area contributed by atoms with E-state index in [1.54, 1.807) is 0 Å². The van der Waals surface area contributed by atoms with Crippen molar-refractivity contribution in [3.63, 3.8) is 0 Å². The Kier molecular flexibility index (Phi) is 76.7. The summed E-state index contributed by atoms with van der Waals surface area (Å²) in [5.74, 6) is -1.97. The molecule has 0 aliphatic rings. The average molecular weight is 1360 g/mol. The van der Waals surface area contributed by atoms with Gasteiger partial charge >= 0.3 is 17.9 Å². The van der Waals surface area contributed by atoms with E-state index >= 15 is 0 Å². The van der Waals surface area contributed by atoms with Crippen LogP contribution in [0, 0.1) is 0 Å². The lowest BCUT2D eigenvalue weighted by atomic mass is 10.0. The fraction of sp³-hybridized carbons (Fsp3) is 0.920. The summed E-state index contributed by atoms with van der Waals surface area (Å²) in [4.78, 5) is 37.8. The van der Waals surface area contributed by atoms with Gasteiger partial charge in [0.1, 0.15) is 13.2 Å². The summed E-state index contributed by atoms with van der Waals surface area (Å²) in [6.07, 6.45) is 98.0. The number of nitrogens with zero attached hydrogens (tertiary/aromatic N) is 1. The normalized spacial score (nSPS) is 12.6. The second-order valence-corrected chi connectivity index (χ2v) is 30.9. The molecule has 0 heterocycles. The number of rotatable bonds is 82. The second kappa shape index (κ2) is 78.5. The summed E-state index contributed by atoms with van der Waals surface area (Å²) in [6.45, 7) is 4.96. The molecule has 0 bridgehead atoms. The Morgan fingerprint density at radius 2 is 0.562 bits per heavy atom. The van der Waals surface area contributed by atoms with Crippen molar-refractivity contribution >= 4 is 17.9 Å². The van der Waals surface area contributed by atoms with Crippen molar-refractivity contribution < 1.29 is 42.9 Å². The monoisotopic (exact) mass is 1360 g/mol. The average Bonchev–Trinajstić information content (AvgIpc) is 2.59. The smallest absolute Gasteiger partial charge is 0.361 e. The Morgan fingerprint density at radius 1 is 0.312 bits per heavy atom. The minimum absolute atomic E-state index is 0.174. The zero-order valence-corrected chi connectivity index (χ0v) is 65.3. The lowest BCUT2D eigenvalue weighted by Gasteiger charge is -2.25. The van der Waals surface area contributed by atoms with Crippen LogP contribution in [0.4, 0.5) is 0 Å². The number of allylic oxidation sites excluding steroid dienone is 4. The third-order valence-corrected chi connectivity index (χ3v) is 20.0. The molecule has 96 heavy (non-hydrogen) atoms. The fourth-order valence-corrected chi connectivity index (χ4v) is 13.4. The number of carbonyl (C=O) groups is 3. The Balaban J connectivity index is 3.90. The SMILES string of the molecule is CCCCCCC/C=C\C/C=C\CCCCCCCCCCCCCCCCCCCCCC(=O)OC(COC(=O)CCCCCCCCCCCCCCCCCCCCCCCCCCCCCCCCCCCCCCCCCC)COC(OCC[N+](C)(C)C)C(=O)O. The van der Waals surface area contributed by atoms with E-state index in [0.29, 0.717) is 17.4 Å². The van der Waals surface area contributed by atoms with Gasteiger partial charge in [-0.1, -0.05) is 423 Å². The highest BCUT2D eigenvalue weighted by Gasteiger charge is 2.25. The highest BCUT2D eigenvalue weighted by atomic mass is 16.7. The number of hydrogen-bond donors (Lipinski definition) is 1. The summed E-state index contributed by atoms with van der Waals surface area (Å²) in [7, 11) is 6.00. The van der Waals surface area contributed by atoms with Crippen LogP contribution in [0.2, 0.25) is 0 Å². The molecule has 9 nitrogen and oxygen atoms in total. The predicted molar refractivity (Wildman–Crippen MR) is 415 cm³/mol. The number of quaternary nitrogens is 1. The Bertz CT molecular complexity index is 1630. The number of ether oxygens (including phenoxy) is 4. The first-order valence-corrected chi connectivity index (χ1v) is 43.0. The van der Waals surface area contributed by atoms with Crippen LogP contribution in [-0.2, 0) is 33.3 Å². The maximum absolute atomic E-state index is 13.0. The van der Waals surface area contributed by atoms with Crippen molar-refractivity contribution in [3.8, 4) is 0 Å². The van der Waals surface area contributed by atoms with Crippen molar-refractivity contribution in [1.29, 1.82) is 0 Å². The fourth-order valence-electron chi connectivity index (χ4n) is 13.4. The van der Waals surface area contributed by atoms with Crippen LogP contribution in [0.5, 0.6) is 0 Å². The van der Waals surface area contributed by atoms with Crippen molar-refractivity contribution in [2.75, 3.05) is 47.5 Å². The number of aliphatic carboxylic acids is 1. The van der Waals surface area contributed by atoms with Gasteiger partial charge in [-0.25, -0.2) is 4.79 Å². The van der Waals surface area contributed by atoms with Gasteiger partial charge in [-0.2, -0.15) is 0 Å². The molecule has 0 saturated carbocycles. The first kappa shape index (κ1) is 93.8. The quantitative estimate of drug-likeness (QED) is 0.0211. The summed E-state index contributed by atoms with van der Waals surface area (Å²) < 4.78 is 23.1. The van der Waals surface area contributed by atoms with E-state index in [-0.39, 0.29) is 38.2 Å². The minimum atomic E-state index is -1.51. The molecule has 2 unspecified atom stereocenters. The maximum atomic E-state index is 13.0. The van der Waals surface area contributed by atoms with Gasteiger partial charge in [-0.15, -0.1) is 0 Å². The third-order valence-electron chi connectivity index (χ3n) is 20.0. The summed E-state index contributed by atoms with van der Waals surface area (Å²) in [6, 6.07) is 0. The molecule has 0 amide bonds. The summed E-state index contributed by atoms with van der Waals surface area (Å²) >= 11 is 0. The molecular weight excluding hydrogens is 1190 g/mol. The van der Waals surface area contributed by atoms with Gasteiger partial charge in [0.05, 0.1) is 34.4 Å². The molecule has 1 N–H and O–H groups in total. The van der Waals surface area contributed by atoms with Crippen LogP contribution >= 0.6 is 0 Å². The van der Waals surface area contributed by atoms with E-state index in [0.717, 1.165) is 44.9 Å². The molecule has 0 aromatic carbocycles. The number of esters is 2. The lowest BCUT2D eigenvalue weighted by Crippen LogP contribution is -2.40. The first-order valence-electron chi connectivity index (χ1n) is 43.0. The molecule has 0 fully saturated rings. The zero-order valence-electron chi connectivity index (χ0n) is 65.3. The standard InChI is InChI=1S/C87H167NO8/c1-6-8-10-12-14-16-18-20-22-24-26-28-30-32-34-36-38-39-40-41-42-43-44-45-46-48-49-51-53-55-57-59-61-63-65-67-69-71-73-75-77-84(89)94-81-83(82-95-87(86(91)92)93-80-79-88(3,4)5)96-85(90)78-76-74-72-70-68-66-64-62-60-58-56-54-52-50-47-37-35-33-31-29-27-25-23-21-19-17-15-13-11-9-7-2/h19,21,25,27,83,87H,6-18,20,22-24,26,28-82H2,1-5H3/p+1/b21-19-,27-25-. The molecule has 0 saturated heterocycles. The number of likely N-dealkylation sites (N-methyl/N-ethyl adjacent to an activating group) is 1. The molecule has 0 aliphatic carbocycles. The Hall–Kier alpha value is -2.23. The minimum Gasteiger partial charge on any atom is -0.477 e. The van der Waals surface area contributed by atoms with Crippen molar-refractivity contribution in [1.82, 2.24) is 0 Å². The van der Waals surface area contributed by atoms with Crippen molar-refractivity contribution in [2.45, 2.75) is 469 Å². The van der Waals surface area contributed by atoms with E-state index < -0.39 is 18.4 Å². The van der Waals surface area contributed by atoms with Crippen LogP contribution in [0.1, 0.15) is 457 Å². The molecule has 0 aromatic rings. The van der Waals surface area contributed by atoms with Crippen LogP contribution in [0.25, 0.3) is 0 Å². The van der Waals surface area contributed by atoms with Crippen LogP contribution < -0.4 is 0 Å². The summed E-state index contributed by atoms with van der Waals surface area (Å²) in [5, 5.41) is 9.78.